The Labute approximate surface area is 123 Å². The third-order valence-corrected chi connectivity index (χ3v) is 3.89. The van der Waals surface area contributed by atoms with Crippen molar-refractivity contribution in [3.63, 3.8) is 0 Å². The maximum atomic E-state index is 11.5. The van der Waals surface area contributed by atoms with Gasteiger partial charge in [-0.05, 0) is 42.5 Å². The number of nitrogens with one attached hydrogen (secondary N) is 3. The highest BCUT2D eigenvalue weighted by Gasteiger charge is 2.16. The average molecular weight is 307 g/mol. The van der Waals surface area contributed by atoms with Gasteiger partial charge < -0.3 is 16.0 Å². The molecule has 0 atom stereocenters. The summed E-state index contributed by atoms with van der Waals surface area (Å²) >= 11 is 0. The van der Waals surface area contributed by atoms with Gasteiger partial charge in [0.1, 0.15) is 4.90 Å². The summed E-state index contributed by atoms with van der Waals surface area (Å²) in [7, 11) is -0.826. The van der Waals surface area contributed by atoms with Crippen molar-refractivity contribution in [2.24, 2.45) is 0 Å². The van der Waals surface area contributed by atoms with Crippen LogP contribution in [0.1, 0.15) is 0 Å². The molecule has 0 aromatic heterocycles. The van der Waals surface area contributed by atoms with E-state index < -0.39 is 10.1 Å². The lowest BCUT2D eigenvalue weighted by Crippen LogP contribution is -2.04. The summed E-state index contributed by atoms with van der Waals surface area (Å²) in [6, 6.07) is 12.0. The summed E-state index contributed by atoms with van der Waals surface area (Å²) in [5, 5.41) is 8.82. The van der Waals surface area contributed by atoms with Gasteiger partial charge in [-0.25, -0.2) is 0 Å². The highest BCUT2D eigenvalue weighted by atomic mass is 32.2. The Kier molecular flexibility index (Phi) is 4.35. The highest BCUT2D eigenvalue weighted by Crippen LogP contribution is 2.28. The number of benzene rings is 2. The molecular formula is C14H17N3O3S. The predicted molar refractivity (Wildman–Crippen MR) is 85.1 cm³/mol. The van der Waals surface area contributed by atoms with Gasteiger partial charge in [-0.3, -0.25) is 4.55 Å². The third-order valence-electron chi connectivity index (χ3n) is 3.00. The molecule has 0 aliphatic rings. The largest absolute Gasteiger partial charge is 0.388 e. The summed E-state index contributed by atoms with van der Waals surface area (Å²) in [6.07, 6.45) is 0. The minimum Gasteiger partial charge on any atom is -0.388 e. The lowest BCUT2D eigenvalue weighted by molar-refractivity contribution is 0.483. The molecule has 4 N–H and O–H groups in total. The van der Waals surface area contributed by atoms with E-state index >= 15 is 0 Å². The van der Waals surface area contributed by atoms with E-state index in [1.54, 1.807) is 19.2 Å². The second-order valence-corrected chi connectivity index (χ2v) is 5.78. The second kappa shape index (κ2) is 6.02. The van der Waals surface area contributed by atoms with Crippen LogP contribution in [0.3, 0.4) is 0 Å². The fourth-order valence-electron chi connectivity index (χ4n) is 1.87. The monoisotopic (exact) mass is 307 g/mol. The first-order valence-corrected chi connectivity index (χ1v) is 7.72. The van der Waals surface area contributed by atoms with E-state index in [9.17, 15) is 13.0 Å². The van der Waals surface area contributed by atoms with Crippen molar-refractivity contribution in [2.75, 3.05) is 30.0 Å². The zero-order valence-electron chi connectivity index (χ0n) is 11.7. The van der Waals surface area contributed by atoms with E-state index in [0.717, 1.165) is 11.4 Å². The quantitative estimate of drug-likeness (QED) is 0.635. The van der Waals surface area contributed by atoms with Crippen molar-refractivity contribution < 1.29 is 13.0 Å². The van der Waals surface area contributed by atoms with Crippen molar-refractivity contribution in [3.8, 4) is 0 Å². The molecule has 21 heavy (non-hydrogen) atoms. The van der Waals surface area contributed by atoms with Gasteiger partial charge in [0, 0.05) is 31.2 Å². The van der Waals surface area contributed by atoms with Crippen LogP contribution in [0.5, 0.6) is 0 Å². The van der Waals surface area contributed by atoms with E-state index in [1.807, 2.05) is 31.3 Å². The average Bonchev–Trinajstić information content (AvgIpc) is 2.47. The minimum absolute atomic E-state index is 0.174. The molecule has 0 heterocycles. The fraction of sp³-hybridized carbons (Fsp3) is 0.143. The molecule has 0 saturated heterocycles. The maximum absolute atomic E-state index is 11.5. The van der Waals surface area contributed by atoms with E-state index in [0.29, 0.717) is 11.4 Å². The predicted octanol–water partition coefficient (Wildman–Crippen LogP) is 2.76. The van der Waals surface area contributed by atoms with E-state index in [2.05, 4.69) is 16.0 Å². The minimum atomic E-state index is -4.31. The van der Waals surface area contributed by atoms with Gasteiger partial charge in [0.2, 0.25) is 0 Å². The lowest BCUT2D eigenvalue weighted by atomic mass is 10.2. The molecule has 0 radical (unpaired) electrons. The zero-order valence-corrected chi connectivity index (χ0v) is 12.5. The number of anilines is 4. The third kappa shape index (κ3) is 3.65. The summed E-state index contributed by atoms with van der Waals surface area (Å²) < 4.78 is 32.3. The van der Waals surface area contributed by atoms with Crippen LogP contribution >= 0.6 is 0 Å². The van der Waals surface area contributed by atoms with Gasteiger partial charge in [-0.15, -0.1) is 0 Å². The second-order valence-electron chi connectivity index (χ2n) is 4.39. The normalized spacial score (nSPS) is 11.0. The zero-order chi connectivity index (χ0) is 15.5. The molecule has 0 saturated carbocycles. The summed E-state index contributed by atoms with van der Waals surface area (Å²) in [5.41, 5.74) is 2.57. The summed E-state index contributed by atoms with van der Waals surface area (Å²) in [6.45, 7) is 0. The Morgan fingerprint density at radius 3 is 1.90 bits per heavy atom. The SMILES string of the molecule is CNc1ccc(Nc2ccc(NC)cc2S(=O)(=O)O)cc1. The van der Waals surface area contributed by atoms with Crippen molar-refractivity contribution in [2.45, 2.75) is 4.90 Å². The molecule has 0 aliphatic carbocycles. The van der Waals surface area contributed by atoms with Crippen LogP contribution in [0.4, 0.5) is 22.7 Å². The van der Waals surface area contributed by atoms with Crippen LogP contribution < -0.4 is 16.0 Å². The number of hydrogen-bond donors (Lipinski definition) is 4. The van der Waals surface area contributed by atoms with Crippen LogP contribution in [0.2, 0.25) is 0 Å². The van der Waals surface area contributed by atoms with Gasteiger partial charge in [-0.1, -0.05) is 0 Å². The molecule has 7 heteroatoms. The Morgan fingerprint density at radius 1 is 0.857 bits per heavy atom. The molecule has 2 aromatic carbocycles. The van der Waals surface area contributed by atoms with E-state index in [4.69, 9.17) is 0 Å². The Balaban J connectivity index is 2.38. The maximum Gasteiger partial charge on any atom is 0.296 e. The molecule has 2 rings (SSSR count). The van der Waals surface area contributed by atoms with Gasteiger partial charge in [0.15, 0.2) is 0 Å². The van der Waals surface area contributed by atoms with Crippen molar-refractivity contribution in [1.82, 2.24) is 0 Å². The first kappa shape index (κ1) is 15.1. The topological polar surface area (TPSA) is 90.5 Å². The smallest absolute Gasteiger partial charge is 0.296 e. The van der Waals surface area contributed by atoms with Crippen molar-refractivity contribution in [3.05, 3.63) is 42.5 Å². The molecular weight excluding hydrogens is 290 g/mol. The van der Waals surface area contributed by atoms with E-state index in [-0.39, 0.29) is 4.90 Å². The molecule has 112 valence electrons. The van der Waals surface area contributed by atoms with Crippen LogP contribution in [0.25, 0.3) is 0 Å². The molecule has 0 unspecified atom stereocenters. The number of hydrogen-bond acceptors (Lipinski definition) is 5. The van der Waals surface area contributed by atoms with Crippen LogP contribution in [0.15, 0.2) is 47.4 Å². The van der Waals surface area contributed by atoms with Gasteiger partial charge >= 0.3 is 0 Å². The number of rotatable bonds is 5. The molecule has 0 amide bonds. The van der Waals surface area contributed by atoms with Crippen LogP contribution in [0, 0.1) is 0 Å². The summed E-state index contributed by atoms with van der Waals surface area (Å²) in [5.74, 6) is 0. The molecule has 0 spiro atoms. The standard InChI is InChI=1S/C14H17N3O3S/c1-15-10-3-5-11(6-4-10)17-13-8-7-12(16-2)9-14(13)21(18,19)20/h3-9,15-17H,1-2H3,(H,18,19,20). The molecule has 0 aliphatic heterocycles. The van der Waals surface area contributed by atoms with Gasteiger partial charge in [0.25, 0.3) is 10.1 Å². The Hall–Kier alpha value is -2.25. The highest BCUT2D eigenvalue weighted by molar-refractivity contribution is 7.86. The van der Waals surface area contributed by atoms with Gasteiger partial charge in [0.05, 0.1) is 5.69 Å². The van der Waals surface area contributed by atoms with Gasteiger partial charge in [-0.2, -0.15) is 8.42 Å². The molecule has 6 nitrogen and oxygen atoms in total. The Morgan fingerprint density at radius 2 is 1.38 bits per heavy atom. The summed E-state index contributed by atoms with van der Waals surface area (Å²) in [4.78, 5) is -0.174. The lowest BCUT2D eigenvalue weighted by Gasteiger charge is -2.12. The first-order valence-electron chi connectivity index (χ1n) is 6.28. The molecule has 0 bridgehead atoms. The molecule has 2 aromatic rings. The fourth-order valence-corrected chi connectivity index (χ4v) is 2.54. The van der Waals surface area contributed by atoms with Crippen molar-refractivity contribution >= 4 is 32.9 Å². The Bertz CT molecular complexity index is 728. The van der Waals surface area contributed by atoms with Crippen molar-refractivity contribution in [1.29, 1.82) is 0 Å². The van der Waals surface area contributed by atoms with Crippen LogP contribution in [-0.4, -0.2) is 27.1 Å². The first-order chi connectivity index (χ1) is 9.94. The molecule has 0 fully saturated rings. The van der Waals surface area contributed by atoms with Crippen LogP contribution in [-0.2, 0) is 10.1 Å². The van der Waals surface area contributed by atoms with E-state index in [1.165, 1.54) is 6.07 Å².